The Kier molecular flexibility index (Phi) is 7.84. The molecule has 1 aliphatic heterocycles. The van der Waals surface area contributed by atoms with E-state index in [-0.39, 0.29) is 35.2 Å². The van der Waals surface area contributed by atoms with Crippen molar-refractivity contribution in [1.82, 2.24) is 10.6 Å². The van der Waals surface area contributed by atoms with E-state index in [0.717, 1.165) is 6.07 Å². The molecule has 2 amide bonds. The van der Waals surface area contributed by atoms with E-state index in [0.29, 0.717) is 12.1 Å². The van der Waals surface area contributed by atoms with Gasteiger partial charge in [-0.25, -0.2) is 0 Å². The molecule has 1 atom stereocenters. The van der Waals surface area contributed by atoms with Crippen molar-refractivity contribution < 1.29 is 58.7 Å². The molecule has 2 aliphatic rings. The van der Waals surface area contributed by atoms with Crippen LogP contribution in [0.1, 0.15) is 46.3 Å². The number of carbonyl (C=O) groups excluding carboxylic acids is 2. The molecular formula is C25H19ClF9N3O4. The lowest BCUT2D eigenvalue weighted by Gasteiger charge is -2.30. The zero-order valence-electron chi connectivity index (χ0n) is 21.2. The number of hydrogen-bond donors (Lipinski definition) is 2. The Hall–Kier alpha value is -3.69. The van der Waals surface area contributed by atoms with Gasteiger partial charge in [-0.1, -0.05) is 22.8 Å². The summed E-state index contributed by atoms with van der Waals surface area (Å²) in [6.07, 6.45) is -16.6. The number of benzene rings is 2. The first kappa shape index (κ1) is 31.3. The van der Waals surface area contributed by atoms with Crippen molar-refractivity contribution in [3.05, 3.63) is 63.7 Å². The topological polar surface area (TPSA) is 89.0 Å². The van der Waals surface area contributed by atoms with Crippen molar-refractivity contribution >= 4 is 29.1 Å². The number of alkyl halides is 9. The second-order valence-corrected chi connectivity index (χ2v) is 10.1. The minimum Gasteiger partial charge on any atom is -0.406 e. The molecule has 0 radical (unpaired) electrons. The van der Waals surface area contributed by atoms with Crippen molar-refractivity contribution in [1.29, 1.82) is 0 Å². The summed E-state index contributed by atoms with van der Waals surface area (Å²) in [5, 5.41) is 7.07. The number of oxime groups is 1. The largest absolute Gasteiger partial charge is 0.573 e. The van der Waals surface area contributed by atoms with Crippen LogP contribution < -0.4 is 15.4 Å². The first-order valence-electron chi connectivity index (χ1n) is 11.9. The SMILES string of the molecule is Cc1cc(C2=NOC(c3cc(Cl)cc(OC(F)(F)F)c3)(C(F)(F)F)C2)ccc1C(=O)NCC(=O)NC1(C(F)(F)F)CC1. The molecule has 2 aromatic rings. The van der Waals surface area contributed by atoms with Gasteiger partial charge >= 0.3 is 18.7 Å². The van der Waals surface area contributed by atoms with Crippen LogP contribution in [0.3, 0.4) is 0 Å². The number of amides is 2. The van der Waals surface area contributed by atoms with Crippen molar-refractivity contribution in [3.63, 3.8) is 0 Å². The van der Waals surface area contributed by atoms with E-state index in [4.69, 9.17) is 16.4 Å². The number of carbonyl (C=O) groups is 2. The van der Waals surface area contributed by atoms with E-state index in [1.54, 1.807) is 0 Å². The summed E-state index contributed by atoms with van der Waals surface area (Å²) in [6.45, 7) is 0.651. The summed E-state index contributed by atoms with van der Waals surface area (Å²) in [6, 6.07) is 5.63. The first-order valence-corrected chi connectivity index (χ1v) is 12.3. The van der Waals surface area contributed by atoms with Gasteiger partial charge in [-0.2, -0.15) is 26.3 Å². The third-order valence-corrected chi connectivity index (χ3v) is 6.86. The van der Waals surface area contributed by atoms with Gasteiger partial charge in [0.1, 0.15) is 11.3 Å². The zero-order chi connectivity index (χ0) is 31.3. The molecule has 0 saturated heterocycles. The van der Waals surface area contributed by atoms with Gasteiger partial charge in [0.2, 0.25) is 5.91 Å². The number of rotatable bonds is 7. The van der Waals surface area contributed by atoms with Crippen LogP contribution in [0.4, 0.5) is 39.5 Å². The van der Waals surface area contributed by atoms with E-state index in [1.165, 1.54) is 25.1 Å². The molecule has 17 heteroatoms. The number of hydrogen-bond acceptors (Lipinski definition) is 5. The fraction of sp³-hybridized carbons (Fsp3) is 0.400. The summed E-state index contributed by atoms with van der Waals surface area (Å²) in [7, 11) is 0. The number of nitrogens with zero attached hydrogens (tertiary/aromatic N) is 1. The van der Waals surface area contributed by atoms with Crippen LogP contribution >= 0.6 is 11.6 Å². The molecule has 4 rings (SSSR count). The van der Waals surface area contributed by atoms with Crippen LogP contribution in [0.2, 0.25) is 5.02 Å². The van der Waals surface area contributed by atoms with Crippen molar-refractivity contribution in [2.24, 2.45) is 5.16 Å². The predicted molar refractivity (Wildman–Crippen MR) is 128 cm³/mol. The van der Waals surface area contributed by atoms with Crippen molar-refractivity contribution in [2.75, 3.05) is 6.54 Å². The van der Waals surface area contributed by atoms with Gasteiger partial charge in [0.05, 0.1) is 12.3 Å². The molecule has 0 bridgehead atoms. The van der Waals surface area contributed by atoms with Gasteiger partial charge < -0.3 is 20.2 Å². The third kappa shape index (κ3) is 6.37. The Balaban J connectivity index is 1.49. The lowest BCUT2D eigenvalue weighted by atomic mass is 9.86. The van der Waals surface area contributed by atoms with Gasteiger partial charge in [0.25, 0.3) is 11.5 Å². The van der Waals surface area contributed by atoms with Crippen LogP contribution in [0, 0.1) is 6.92 Å². The fourth-order valence-corrected chi connectivity index (χ4v) is 4.54. The molecule has 2 aromatic carbocycles. The molecule has 0 spiro atoms. The average molecular weight is 632 g/mol. The van der Waals surface area contributed by atoms with Crippen LogP contribution in [0.15, 0.2) is 41.6 Å². The number of halogens is 10. The third-order valence-electron chi connectivity index (χ3n) is 6.64. The van der Waals surface area contributed by atoms with E-state index < -0.39 is 71.0 Å². The number of nitrogens with one attached hydrogen (secondary N) is 2. The molecule has 1 unspecified atom stereocenters. The minimum absolute atomic E-state index is 0.0334. The smallest absolute Gasteiger partial charge is 0.406 e. The molecule has 1 heterocycles. The molecule has 1 aliphatic carbocycles. The Labute approximate surface area is 236 Å². The van der Waals surface area contributed by atoms with E-state index in [1.807, 2.05) is 5.32 Å². The van der Waals surface area contributed by atoms with Gasteiger partial charge in [0.15, 0.2) is 0 Å². The van der Waals surface area contributed by atoms with Crippen LogP contribution in [0.25, 0.3) is 0 Å². The molecule has 42 heavy (non-hydrogen) atoms. The molecule has 7 nitrogen and oxygen atoms in total. The molecule has 1 saturated carbocycles. The maximum Gasteiger partial charge on any atom is 0.573 e. The summed E-state index contributed by atoms with van der Waals surface area (Å²) in [5.74, 6) is -2.90. The van der Waals surface area contributed by atoms with E-state index in [9.17, 15) is 49.1 Å². The Morgan fingerprint density at radius 1 is 1.00 bits per heavy atom. The quantitative estimate of drug-likeness (QED) is 0.363. The Morgan fingerprint density at radius 3 is 2.21 bits per heavy atom. The summed E-state index contributed by atoms with van der Waals surface area (Å²) >= 11 is 5.77. The zero-order valence-corrected chi connectivity index (χ0v) is 21.9. The van der Waals surface area contributed by atoms with Gasteiger partial charge in [-0.05, 0) is 61.2 Å². The average Bonchev–Trinajstić information content (AvgIpc) is 3.48. The number of ether oxygens (including phenoxy) is 1. The highest BCUT2D eigenvalue weighted by Gasteiger charge is 2.64. The predicted octanol–water partition coefficient (Wildman–Crippen LogP) is 6.07. The Bertz CT molecular complexity index is 1440. The van der Waals surface area contributed by atoms with Crippen LogP contribution in [-0.2, 0) is 15.2 Å². The monoisotopic (exact) mass is 631 g/mol. The highest BCUT2D eigenvalue weighted by Crippen LogP contribution is 2.50. The molecule has 1 fully saturated rings. The molecule has 2 N–H and O–H groups in total. The second-order valence-electron chi connectivity index (χ2n) is 9.69. The van der Waals surface area contributed by atoms with Crippen LogP contribution in [-0.4, -0.2) is 48.3 Å². The van der Waals surface area contributed by atoms with Crippen molar-refractivity contribution in [3.8, 4) is 5.75 Å². The van der Waals surface area contributed by atoms with E-state index >= 15 is 0 Å². The maximum absolute atomic E-state index is 14.3. The maximum atomic E-state index is 14.3. The van der Waals surface area contributed by atoms with Gasteiger partial charge in [0, 0.05) is 22.6 Å². The lowest BCUT2D eigenvalue weighted by Crippen LogP contribution is -2.50. The summed E-state index contributed by atoms with van der Waals surface area (Å²) in [5.41, 5.74) is -6.34. The molecular weight excluding hydrogens is 613 g/mol. The standard InChI is InChI=1S/C25H19ClF9N3O4/c1-12-6-13(2-3-17(12)20(40)36-11-19(39)37-21(4-5-21)23(27,28)29)18-10-22(42-38-18,24(30,31)32)14-7-15(26)9-16(8-14)41-25(33,34)35/h2-3,6-9H,4-5,10-11H2,1H3,(H,36,40)(H,37,39). The fourth-order valence-electron chi connectivity index (χ4n) is 4.32. The van der Waals surface area contributed by atoms with Crippen LogP contribution in [0.5, 0.6) is 5.75 Å². The van der Waals surface area contributed by atoms with Crippen molar-refractivity contribution in [2.45, 2.75) is 56.0 Å². The summed E-state index contributed by atoms with van der Waals surface area (Å²) in [4.78, 5) is 29.3. The minimum atomic E-state index is -5.21. The highest BCUT2D eigenvalue weighted by molar-refractivity contribution is 6.30. The molecule has 0 aromatic heterocycles. The number of aryl methyl sites for hydroxylation is 1. The Morgan fingerprint density at radius 2 is 1.67 bits per heavy atom. The van der Waals surface area contributed by atoms with E-state index in [2.05, 4.69) is 15.2 Å². The first-order chi connectivity index (χ1) is 19.3. The summed E-state index contributed by atoms with van der Waals surface area (Å²) < 4.78 is 124. The lowest BCUT2D eigenvalue weighted by molar-refractivity contribution is -0.277. The van der Waals surface area contributed by atoms with Gasteiger partial charge in [-0.3, -0.25) is 9.59 Å². The normalized spacial score (nSPS) is 19.9. The van der Waals surface area contributed by atoms with Gasteiger partial charge in [-0.15, -0.1) is 13.2 Å². The second kappa shape index (κ2) is 10.5. The molecule has 228 valence electrons. The highest BCUT2D eigenvalue weighted by atomic mass is 35.5.